The van der Waals surface area contributed by atoms with Gasteiger partial charge in [0.15, 0.2) is 5.11 Å². The van der Waals surface area contributed by atoms with Gasteiger partial charge in [-0.05, 0) is 56.0 Å². The fourth-order valence-corrected chi connectivity index (χ4v) is 4.95. The second-order valence-corrected chi connectivity index (χ2v) is 8.30. The minimum Gasteiger partial charge on any atom is -0.323 e. The lowest BCUT2D eigenvalue weighted by Crippen LogP contribution is -2.34. The molecule has 2 aromatic rings. The van der Waals surface area contributed by atoms with Crippen LogP contribution in [0.5, 0.6) is 0 Å². The van der Waals surface area contributed by atoms with Crippen LogP contribution in [0.1, 0.15) is 45.3 Å². The highest BCUT2D eigenvalue weighted by atomic mass is 32.1. The summed E-state index contributed by atoms with van der Waals surface area (Å²) in [4.78, 5) is 24.2. The molecule has 0 aliphatic heterocycles. The van der Waals surface area contributed by atoms with Crippen LogP contribution < -0.4 is 10.6 Å². The quantitative estimate of drug-likeness (QED) is 0.445. The van der Waals surface area contributed by atoms with Gasteiger partial charge in [0.05, 0.1) is 10.5 Å². The van der Waals surface area contributed by atoms with Gasteiger partial charge in [0, 0.05) is 22.1 Å². The maximum atomic E-state index is 12.5. The second kappa shape index (κ2) is 8.04. The molecule has 9 heteroatoms. The monoisotopic (exact) mass is 414 g/mol. The van der Waals surface area contributed by atoms with E-state index >= 15 is 0 Å². The predicted molar refractivity (Wildman–Crippen MR) is 112 cm³/mol. The molecule has 1 aromatic heterocycles. The van der Waals surface area contributed by atoms with Crippen LogP contribution in [0.15, 0.2) is 18.2 Å². The summed E-state index contributed by atoms with van der Waals surface area (Å²) < 4.78 is 0. The number of nitrogens with zero attached hydrogens (tertiary/aromatic N) is 2. The molecule has 1 aromatic carbocycles. The summed E-state index contributed by atoms with van der Waals surface area (Å²) in [5.41, 5.74) is 1.97. The van der Waals surface area contributed by atoms with Crippen molar-refractivity contribution in [1.29, 1.82) is 5.26 Å². The minimum atomic E-state index is -0.535. The first-order valence-electron chi connectivity index (χ1n) is 8.72. The lowest BCUT2D eigenvalue weighted by Gasteiger charge is -2.17. The highest BCUT2D eigenvalue weighted by Crippen LogP contribution is 2.39. The van der Waals surface area contributed by atoms with Crippen molar-refractivity contribution in [3.05, 3.63) is 55.4 Å². The number of nitrogens with one attached hydrogen (secondary N) is 2. The number of rotatable bonds is 3. The molecule has 0 bridgehead atoms. The molecule has 0 saturated heterocycles. The van der Waals surface area contributed by atoms with Crippen LogP contribution in [0, 0.1) is 34.3 Å². The lowest BCUT2D eigenvalue weighted by atomic mass is 9.89. The number of amides is 1. The van der Waals surface area contributed by atoms with Crippen molar-refractivity contribution in [2.45, 2.75) is 33.1 Å². The fraction of sp³-hybridized carbons (Fsp3) is 0.316. The normalized spacial score (nSPS) is 15.2. The SMILES string of the molecule is Cc1c(C(=O)NC(=S)Nc2sc3c(c2C#N)CCC(C)C3)cccc1[N+](=O)[O-]. The zero-order chi connectivity index (χ0) is 20.4. The Bertz CT molecular complexity index is 1020. The van der Waals surface area contributed by atoms with E-state index in [2.05, 4.69) is 23.6 Å². The molecule has 1 amide bonds. The van der Waals surface area contributed by atoms with Gasteiger partial charge < -0.3 is 5.32 Å². The van der Waals surface area contributed by atoms with Gasteiger partial charge in [0.2, 0.25) is 0 Å². The number of nitro groups is 1. The first-order valence-corrected chi connectivity index (χ1v) is 9.95. The van der Waals surface area contributed by atoms with Crippen LogP contribution in [-0.4, -0.2) is 15.9 Å². The van der Waals surface area contributed by atoms with Gasteiger partial charge in [-0.1, -0.05) is 13.0 Å². The maximum Gasteiger partial charge on any atom is 0.273 e. The number of hydrogen-bond donors (Lipinski definition) is 2. The molecule has 144 valence electrons. The van der Waals surface area contributed by atoms with Crippen LogP contribution in [0.4, 0.5) is 10.7 Å². The molecule has 1 aliphatic rings. The highest BCUT2D eigenvalue weighted by molar-refractivity contribution is 7.80. The zero-order valence-corrected chi connectivity index (χ0v) is 17.0. The molecule has 1 unspecified atom stereocenters. The van der Waals surface area contributed by atoms with E-state index in [4.69, 9.17) is 12.2 Å². The Morgan fingerprint density at radius 3 is 2.89 bits per heavy atom. The minimum absolute atomic E-state index is 0.0547. The summed E-state index contributed by atoms with van der Waals surface area (Å²) in [6.07, 6.45) is 2.84. The standard InChI is InChI=1S/C19H18N4O3S2/c1-10-6-7-13-14(9-20)18(28-16(13)8-10)22-19(27)21-17(24)12-4-3-5-15(11(12)2)23(25)26/h3-5,10H,6-8H2,1-2H3,(H2,21,22,24,27). The van der Waals surface area contributed by atoms with Gasteiger partial charge in [-0.2, -0.15) is 5.26 Å². The fourth-order valence-electron chi connectivity index (χ4n) is 3.33. The molecular weight excluding hydrogens is 396 g/mol. The number of nitriles is 1. The molecule has 1 heterocycles. The van der Waals surface area contributed by atoms with Crippen molar-refractivity contribution in [2.75, 3.05) is 5.32 Å². The maximum absolute atomic E-state index is 12.5. The van der Waals surface area contributed by atoms with E-state index in [9.17, 15) is 20.2 Å². The Morgan fingerprint density at radius 2 is 2.21 bits per heavy atom. The van der Waals surface area contributed by atoms with Gasteiger partial charge in [-0.15, -0.1) is 11.3 Å². The molecule has 28 heavy (non-hydrogen) atoms. The van der Waals surface area contributed by atoms with Crippen LogP contribution in [0.25, 0.3) is 0 Å². The lowest BCUT2D eigenvalue weighted by molar-refractivity contribution is -0.385. The molecular formula is C19H18N4O3S2. The number of hydrogen-bond acceptors (Lipinski definition) is 6. The summed E-state index contributed by atoms with van der Waals surface area (Å²) in [5, 5.41) is 26.8. The van der Waals surface area contributed by atoms with E-state index < -0.39 is 10.8 Å². The number of fused-ring (bicyclic) bond motifs is 1. The molecule has 1 aliphatic carbocycles. The van der Waals surface area contributed by atoms with Gasteiger partial charge in [-0.25, -0.2) is 0 Å². The largest absolute Gasteiger partial charge is 0.323 e. The summed E-state index contributed by atoms with van der Waals surface area (Å²) in [5.74, 6) is 0.0428. The van der Waals surface area contributed by atoms with Crippen molar-refractivity contribution in [1.82, 2.24) is 5.32 Å². The average molecular weight is 415 g/mol. The van der Waals surface area contributed by atoms with E-state index in [1.54, 1.807) is 0 Å². The van der Waals surface area contributed by atoms with Crippen LogP contribution in [0.2, 0.25) is 0 Å². The van der Waals surface area contributed by atoms with Crippen molar-refractivity contribution < 1.29 is 9.72 Å². The van der Waals surface area contributed by atoms with Crippen LogP contribution in [-0.2, 0) is 12.8 Å². The number of anilines is 1. The Kier molecular flexibility index (Phi) is 5.72. The number of thiophene rings is 1. The Balaban J connectivity index is 1.77. The molecule has 0 spiro atoms. The third kappa shape index (κ3) is 3.88. The molecule has 0 fully saturated rings. The number of carbonyl (C=O) groups excluding carboxylic acids is 1. The number of thiocarbonyl (C=S) groups is 1. The van der Waals surface area contributed by atoms with E-state index in [-0.39, 0.29) is 21.9 Å². The molecule has 0 radical (unpaired) electrons. The topological polar surface area (TPSA) is 108 Å². The summed E-state index contributed by atoms with van der Waals surface area (Å²) >= 11 is 6.72. The van der Waals surface area contributed by atoms with Gasteiger partial charge in [0.1, 0.15) is 11.1 Å². The predicted octanol–water partition coefficient (Wildman–Crippen LogP) is 4.09. The van der Waals surface area contributed by atoms with Crippen LogP contribution in [0.3, 0.4) is 0 Å². The number of nitro benzene ring substituents is 1. The van der Waals surface area contributed by atoms with E-state index in [0.717, 1.165) is 24.8 Å². The first-order chi connectivity index (χ1) is 13.3. The van der Waals surface area contributed by atoms with E-state index in [1.165, 1.54) is 41.3 Å². The van der Waals surface area contributed by atoms with Gasteiger partial charge in [0.25, 0.3) is 11.6 Å². The number of carbonyl (C=O) groups is 1. The van der Waals surface area contributed by atoms with Crippen LogP contribution >= 0.6 is 23.6 Å². The first kappa shape index (κ1) is 19.9. The Hall–Kier alpha value is -2.83. The summed E-state index contributed by atoms with van der Waals surface area (Å²) in [7, 11) is 0. The van der Waals surface area contributed by atoms with E-state index in [1.807, 2.05) is 0 Å². The van der Waals surface area contributed by atoms with Crippen molar-refractivity contribution in [3.8, 4) is 6.07 Å². The Labute approximate surface area is 171 Å². The van der Waals surface area contributed by atoms with E-state index in [0.29, 0.717) is 16.5 Å². The molecule has 0 saturated carbocycles. The highest BCUT2D eigenvalue weighted by Gasteiger charge is 2.25. The third-order valence-corrected chi connectivity index (χ3v) is 6.20. The second-order valence-electron chi connectivity index (χ2n) is 6.78. The van der Waals surface area contributed by atoms with Crippen molar-refractivity contribution in [3.63, 3.8) is 0 Å². The summed E-state index contributed by atoms with van der Waals surface area (Å²) in [6, 6.07) is 6.55. The average Bonchev–Trinajstić information content (AvgIpc) is 2.96. The zero-order valence-electron chi connectivity index (χ0n) is 15.4. The molecule has 1 atom stereocenters. The summed E-state index contributed by atoms with van der Waals surface area (Å²) in [6.45, 7) is 3.71. The molecule has 3 rings (SSSR count). The molecule has 7 nitrogen and oxygen atoms in total. The smallest absolute Gasteiger partial charge is 0.273 e. The molecule has 2 N–H and O–H groups in total. The van der Waals surface area contributed by atoms with Crippen molar-refractivity contribution >= 4 is 45.3 Å². The Morgan fingerprint density at radius 1 is 1.46 bits per heavy atom. The van der Waals surface area contributed by atoms with Crippen molar-refractivity contribution in [2.24, 2.45) is 5.92 Å². The number of benzene rings is 1. The van der Waals surface area contributed by atoms with Gasteiger partial charge in [-0.3, -0.25) is 20.2 Å². The van der Waals surface area contributed by atoms with Gasteiger partial charge >= 0.3 is 0 Å². The third-order valence-electron chi connectivity index (χ3n) is 4.82.